The summed E-state index contributed by atoms with van der Waals surface area (Å²) >= 11 is 0. The second kappa shape index (κ2) is 3.26. The molecule has 0 radical (unpaired) electrons. The predicted octanol–water partition coefficient (Wildman–Crippen LogP) is 2.64. The quantitative estimate of drug-likeness (QED) is 0.664. The van der Waals surface area contributed by atoms with Gasteiger partial charge in [0.05, 0.1) is 11.6 Å². The molecule has 0 unspecified atom stereocenters. The standard InChI is InChI=1S/C12H11NO/c1-8(14)12-6-9(7-13)2-5-11(12)10-3-4-10/h2,5-6,10H,3-4H2,1H3. The molecule has 1 aromatic rings. The zero-order valence-corrected chi connectivity index (χ0v) is 8.08. The number of carbonyl (C=O) groups is 1. The molecule has 0 aliphatic heterocycles. The highest BCUT2D eigenvalue weighted by molar-refractivity contribution is 5.96. The molecule has 1 aliphatic carbocycles. The van der Waals surface area contributed by atoms with Gasteiger partial charge in [-0.3, -0.25) is 4.79 Å². The summed E-state index contributed by atoms with van der Waals surface area (Å²) in [5.41, 5.74) is 2.42. The SMILES string of the molecule is CC(=O)c1cc(C#N)ccc1C1CC1. The van der Waals surface area contributed by atoms with Gasteiger partial charge in [0.25, 0.3) is 0 Å². The maximum Gasteiger partial charge on any atom is 0.160 e. The molecule has 0 saturated heterocycles. The number of ketones is 1. The van der Waals surface area contributed by atoms with Crippen molar-refractivity contribution in [1.82, 2.24) is 0 Å². The van der Waals surface area contributed by atoms with E-state index in [-0.39, 0.29) is 5.78 Å². The van der Waals surface area contributed by atoms with Gasteiger partial charge >= 0.3 is 0 Å². The van der Waals surface area contributed by atoms with E-state index in [4.69, 9.17) is 5.26 Å². The Kier molecular flexibility index (Phi) is 2.09. The first-order valence-corrected chi connectivity index (χ1v) is 4.77. The minimum Gasteiger partial charge on any atom is -0.295 e. The van der Waals surface area contributed by atoms with Crippen molar-refractivity contribution in [3.8, 4) is 6.07 Å². The molecule has 70 valence electrons. The fourth-order valence-corrected chi connectivity index (χ4v) is 1.68. The van der Waals surface area contributed by atoms with Crippen LogP contribution in [0.2, 0.25) is 0 Å². The number of carbonyl (C=O) groups excluding carboxylic acids is 1. The first kappa shape index (κ1) is 8.96. The Morgan fingerprint density at radius 1 is 1.50 bits per heavy atom. The van der Waals surface area contributed by atoms with Crippen LogP contribution in [-0.4, -0.2) is 5.78 Å². The maximum absolute atomic E-state index is 11.4. The summed E-state index contributed by atoms with van der Waals surface area (Å²) in [6.45, 7) is 1.56. The molecular weight excluding hydrogens is 174 g/mol. The number of rotatable bonds is 2. The van der Waals surface area contributed by atoms with Crippen molar-refractivity contribution in [1.29, 1.82) is 5.26 Å². The van der Waals surface area contributed by atoms with Crippen LogP contribution in [-0.2, 0) is 0 Å². The van der Waals surface area contributed by atoms with Crippen LogP contribution < -0.4 is 0 Å². The summed E-state index contributed by atoms with van der Waals surface area (Å²) in [4.78, 5) is 11.4. The maximum atomic E-state index is 11.4. The Morgan fingerprint density at radius 3 is 2.71 bits per heavy atom. The van der Waals surface area contributed by atoms with Crippen LogP contribution in [0.4, 0.5) is 0 Å². The minimum atomic E-state index is 0.0593. The van der Waals surface area contributed by atoms with E-state index in [1.165, 1.54) is 12.8 Å². The molecule has 2 heteroatoms. The largest absolute Gasteiger partial charge is 0.295 e. The number of benzene rings is 1. The highest BCUT2D eigenvalue weighted by Gasteiger charge is 2.27. The molecule has 0 atom stereocenters. The number of hydrogen-bond acceptors (Lipinski definition) is 2. The Bertz CT molecular complexity index is 424. The summed E-state index contributed by atoms with van der Waals surface area (Å²) in [5, 5.41) is 8.73. The van der Waals surface area contributed by atoms with E-state index < -0.39 is 0 Å². The molecule has 2 rings (SSSR count). The Balaban J connectivity index is 2.50. The zero-order valence-electron chi connectivity index (χ0n) is 8.08. The van der Waals surface area contributed by atoms with E-state index in [0.29, 0.717) is 11.5 Å². The van der Waals surface area contributed by atoms with E-state index in [0.717, 1.165) is 11.1 Å². The molecule has 0 spiro atoms. The van der Waals surface area contributed by atoms with Gasteiger partial charge in [0.1, 0.15) is 0 Å². The average Bonchev–Trinajstić information content (AvgIpc) is 3.00. The van der Waals surface area contributed by atoms with Crippen LogP contribution in [0.1, 0.15) is 47.2 Å². The van der Waals surface area contributed by atoms with Crippen LogP contribution in [0.5, 0.6) is 0 Å². The third-order valence-corrected chi connectivity index (χ3v) is 2.58. The van der Waals surface area contributed by atoms with Gasteiger partial charge in [-0.2, -0.15) is 5.26 Å². The lowest BCUT2D eigenvalue weighted by atomic mass is 9.98. The second-order valence-electron chi connectivity index (χ2n) is 3.74. The van der Waals surface area contributed by atoms with Crippen LogP contribution in [0, 0.1) is 11.3 Å². The van der Waals surface area contributed by atoms with Gasteiger partial charge in [0.2, 0.25) is 0 Å². The fraction of sp³-hybridized carbons (Fsp3) is 0.333. The first-order valence-electron chi connectivity index (χ1n) is 4.77. The molecule has 0 N–H and O–H groups in total. The highest BCUT2D eigenvalue weighted by Crippen LogP contribution is 2.41. The van der Waals surface area contributed by atoms with Gasteiger partial charge in [-0.15, -0.1) is 0 Å². The Labute approximate surface area is 83.2 Å². The topological polar surface area (TPSA) is 40.9 Å². The van der Waals surface area contributed by atoms with Crippen LogP contribution in [0.25, 0.3) is 0 Å². The molecule has 2 nitrogen and oxygen atoms in total. The van der Waals surface area contributed by atoms with Crippen molar-refractivity contribution in [3.05, 3.63) is 34.9 Å². The molecule has 0 heterocycles. The summed E-state index contributed by atoms with van der Waals surface area (Å²) in [6.07, 6.45) is 2.35. The van der Waals surface area contributed by atoms with Gasteiger partial charge < -0.3 is 0 Å². The molecule has 1 aliphatic rings. The minimum absolute atomic E-state index is 0.0593. The normalized spacial score (nSPS) is 14.9. The zero-order chi connectivity index (χ0) is 10.1. The van der Waals surface area contributed by atoms with Crippen molar-refractivity contribution in [2.75, 3.05) is 0 Å². The first-order chi connectivity index (χ1) is 6.72. The van der Waals surface area contributed by atoms with Gasteiger partial charge in [0, 0.05) is 5.56 Å². The summed E-state index contributed by atoms with van der Waals surface area (Å²) in [7, 11) is 0. The van der Waals surface area contributed by atoms with Crippen molar-refractivity contribution >= 4 is 5.78 Å². The van der Waals surface area contributed by atoms with Gasteiger partial charge in [-0.25, -0.2) is 0 Å². The van der Waals surface area contributed by atoms with Crippen LogP contribution >= 0.6 is 0 Å². The predicted molar refractivity (Wildman–Crippen MR) is 53.1 cm³/mol. The monoisotopic (exact) mass is 185 g/mol. The average molecular weight is 185 g/mol. The van der Waals surface area contributed by atoms with Crippen molar-refractivity contribution in [2.24, 2.45) is 0 Å². The van der Waals surface area contributed by atoms with Gasteiger partial charge in [0.15, 0.2) is 5.78 Å². The molecule has 0 aromatic heterocycles. The molecule has 0 bridgehead atoms. The number of nitriles is 1. The van der Waals surface area contributed by atoms with Gasteiger partial charge in [-0.05, 0) is 43.4 Å². The smallest absolute Gasteiger partial charge is 0.160 e. The van der Waals surface area contributed by atoms with Crippen LogP contribution in [0.15, 0.2) is 18.2 Å². The molecule has 1 aromatic carbocycles. The van der Waals surface area contributed by atoms with E-state index in [2.05, 4.69) is 6.07 Å². The van der Waals surface area contributed by atoms with Crippen molar-refractivity contribution in [3.63, 3.8) is 0 Å². The fourth-order valence-electron chi connectivity index (χ4n) is 1.68. The van der Waals surface area contributed by atoms with E-state index >= 15 is 0 Å². The van der Waals surface area contributed by atoms with E-state index in [9.17, 15) is 4.79 Å². The third-order valence-electron chi connectivity index (χ3n) is 2.58. The summed E-state index contributed by atoms with van der Waals surface area (Å²) in [6, 6.07) is 7.48. The molecule has 1 fully saturated rings. The number of nitrogens with zero attached hydrogens (tertiary/aromatic N) is 1. The van der Waals surface area contributed by atoms with Crippen molar-refractivity contribution < 1.29 is 4.79 Å². The molecule has 14 heavy (non-hydrogen) atoms. The molecule has 0 amide bonds. The van der Waals surface area contributed by atoms with Crippen LogP contribution in [0.3, 0.4) is 0 Å². The molecular formula is C12H11NO. The highest BCUT2D eigenvalue weighted by atomic mass is 16.1. The lowest BCUT2D eigenvalue weighted by Crippen LogP contribution is -1.99. The van der Waals surface area contributed by atoms with E-state index in [1.807, 2.05) is 6.07 Å². The lowest BCUT2D eigenvalue weighted by Gasteiger charge is -2.05. The molecule has 1 saturated carbocycles. The third kappa shape index (κ3) is 1.54. The Hall–Kier alpha value is -1.62. The number of Topliss-reactive ketones (excluding diaryl/α,β-unsaturated/α-hetero) is 1. The number of hydrogen-bond donors (Lipinski definition) is 0. The Morgan fingerprint density at radius 2 is 2.21 bits per heavy atom. The summed E-state index contributed by atoms with van der Waals surface area (Å²) < 4.78 is 0. The van der Waals surface area contributed by atoms with E-state index in [1.54, 1.807) is 19.1 Å². The summed E-state index contributed by atoms with van der Waals surface area (Å²) in [5.74, 6) is 0.616. The van der Waals surface area contributed by atoms with Crippen molar-refractivity contribution in [2.45, 2.75) is 25.7 Å². The van der Waals surface area contributed by atoms with Gasteiger partial charge in [-0.1, -0.05) is 6.07 Å². The second-order valence-corrected chi connectivity index (χ2v) is 3.74. The lowest BCUT2D eigenvalue weighted by molar-refractivity contribution is 0.101.